The van der Waals surface area contributed by atoms with Crippen molar-refractivity contribution in [1.29, 1.82) is 0 Å². The Bertz CT molecular complexity index is 628. The molecular weight excluding hydrogens is 280 g/mol. The van der Waals surface area contributed by atoms with Crippen LogP contribution in [0.15, 0.2) is 12.3 Å². The SMILES string of the molecule is CC1(C)C[C@@H](Nc2ncc([N+](=O)[O-])cc2C(N)=O)C(=O)O1. The van der Waals surface area contributed by atoms with E-state index < -0.39 is 28.4 Å². The fourth-order valence-electron chi connectivity index (χ4n) is 2.09. The molecule has 0 radical (unpaired) electrons. The summed E-state index contributed by atoms with van der Waals surface area (Å²) in [5.41, 5.74) is 4.06. The third-order valence-electron chi connectivity index (χ3n) is 3.02. The molecule has 21 heavy (non-hydrogen) atoms. The smallest absolute Gasteiger partial charge is 0.329 e. The van der Waals surface area contributed by atoms with E-state index in [0.29, 0.717) is 6.42 Å². The van der Waals surface area contributed by atoms with E-state index in [0.717, 1.165) is 12.3 Å². The second-order valence-corrected chi connectivity index (χ2v) is 5.29. The van der Waals surface area contributed by atoms with Gasteiger partial charge in [0, 0.05) is 12.5 Å². The molecule has 2 rings (SSSR count). The molecule has 112 valence electrons. The molecule has 0 bridgehead atoms. The molecule has 1 amide bonds. The quantitative estimate of drug-likeness (QED) is 0.471. The molecule has 1 atom stereocenters. The number of cyclic esters (lactones) is 1. The number of esters is 1. The monoisotopic (exact) mass is 294 g/mol. The van der Waals surface area contributed by atoms with Crippen molar-refractivity contribution in [1.82, 2.24) is 4.98 Å². The van der Waals surface area contributed by atoms with Gasteiger partial charge in [-0.05, 0) is 13.8 Å². The highest BCUT2D eigenvalue weighted by molar-refractivity contribution is 5.98. The molecule has 3 N–H and O–H groups in total. The number of hydrogen-bond donors (Lipinski definition) is 2. The number of hydrogen-bond acceptors (Lipinski definition) is 7. The summed E-state index contributed by atoms with van der Waals surface area (Å²) in [6, 6.07) is 0.329. The van der Waals surface area contributed by atoms with Crippen molar-refractivity contribution in [3.8, 4) is 0 Å². The van der Waals surface area contributed by atoms with Crippen LogP contribution < -0.4 is 11.1 Å². The highest BCUT2D eigenvalue weighted by Crippen LogP contribution is 2.29. The lowest BCUT2D eigenvalue weighted by molar-refractivity contribution is -0.385. The highest BCUT2D eigenvalue weighted by Gasteiger charge is 2.40. The first-order valence-electron chi connectivity index (χ1n) is 6.13. The van der Waals surface area contributed by atoms with Gasteiger partial charge in [0.25, 0.3) is 11.6 Å². The predicted octanol–water partition coefficient (Wildman–Crippen LogP) is 0.595. The van der Waals surface area contributed by atoms with Crippen molar-refractivity contribution in [3.05, 3.63) is 27.9 Å². The maximum absolute atomic E-state index is 11.7. The summed E-state index contributed by atoms with van der Waals surface area (Å²) in [4.78, 5) is 36.9. The van der Waals surface area contributed by atoms with Gasteiger partial charge in [0.1, 0.15) is 23.7 Å². The van der Waals surface area contributed by atoms with Crippen molar-refractivity contribution in [2.75, 3.05) is 5.32 Å². The van der Waals surface area contributed by atoms with Crippen molar-refractivity contribution >= 4 is 23.4 Å². The van der Waals surface area contributed by atoms with E-state index in [1.807, 2.05) is 0 Å². The Labute approximate surface area is 119 Å². The zero-order chi connectivity index (χ0) is 15.8. The minimum absolute atomic E-state index is 0.0211. The summed E-state index contributed by atoms with van der Waals surface area (Å²) in [5.74, 6) is -1.33. The highest BCUT2D eigenvalue weighted by atomic mass is 16.6. The maximum atomic E-state index is 11.7. The van der Waals surface area contributed by atoms with E-state index in [4.69, 9.17) is 10.5 Å². The molecule has 1 aromatic rings. The summed E-state index contributed by atoms with van der Waals surface area (Å²) in [7, 11) is 0. The van der Waals surface area contributed by atoms with Gasteiger partial charge in [0.15, 0.2) is 0 Å². The molecule has 1 aliphatic rings. The number of rotatable bonds is 4. The topological polar surface area (TPSA) is 137 Å². The van der Waals surface area contributed by atoms with Crippen LogP contribution in [0.5, 0.6) is 0 Å². The zero-order valence-electron chi connectivity index (χ0n) is 11.5. The van der Waals surface area contributed by atoms with Gasteiger partial charge in [-0.25, -0.2) is 9.78 Å². The van der Waals surface area contributed by atoms with E-state index in [9.17, 15) is 19.7 Å². The predicted molar refractivity (Wildman–Crippen MR) is 71.6 cm³/mol. The number of pyridine rings is 1. The van der Waals surface area contributed by atoms with Crippen molar-refractivity contribution in [3.63, 3.8) is 0 Å². The Kier molecular flexibility index (Phi) is 3.50. The normalized spacial score (nSPS) is 19.9. The van der Waals surface area contributed by atoms with Crippen molar-refractivity contribution in [2.45, 2.75) is 31.9 Å². The minimum Gasteiger partial charge on any atom is -0.458 e. The molecular formula is C12H14N4O5. The van der Waals surface area contributed by atoms with E-state index in [2.05, 4.69) is 10.3 Å². The largest absolute Gasteiger partial charge is 0.458 e. The lowest BCUT2D eigenvalue weighted by atomic mass is 10.0. The fourth-order valence-corrected chi connectivity index (χ4v) is 2.09. The molecule has 1 aromatic heterocycles. The van der Waals surface area contributed by atoms with Gasteiger partial charge < -0.3 is 15.8 Å². The van der Waals surface area contributed by atoms with Crippen LogP contribution in [0.3, 0.4) is 0 Å². The summed E-state index contributed by atoms with van der Waals surface area (Å²) >= 11 is 0. The van der Waals surface area contributed by atoms with Crippen LogP contribution in [0, 0.1) is 10.1 Å². The molecule has 1 saturated heterocycles. The molecule has 1 fully saturated rings. The van der Waals surface area contributed by atoms with E-state index >= 15 is 0 Å². The van der Waals surface area contributed by atoms with E-state index in [-0.39, 0.29) is 17.1 Å². The van der Waals surface area contributed by atoms with Gasteiger partial charge in [0.2, 0.25) is 0 Å². The third-order valence-corrected chi connectivity index (χ3v) is 3.02. The zero-order valence-corrected chi connectivity index (χ0v) is 11.5. The van der Waals surface area contributed by atoms with Gasteiger partial charge in [-0.15, -0.1) is 0 Å². The van der Waals surface area contributed by atoms with E-state index in [1.54, 1.807) is 13.8 Å². The minimum atomic E-state index is -0.876. The summed E-state index contributed by atoms with van der Waals surface area (Å²) < 4.78 is 5.14. The summed E-state index contributed by atoms with van der Waals surface area (Å²) in [5, 5.41) is 13.4. The number of nitrogens with zero attached hydrogens (tertiary/aromatic N) is 2. The molecule has 9 nitrogen and oxygen atoms in total. The molecule has 0 aromatic carbocycles. The molecule has 0 unspecified atom stereocenters. The molecule has 1 aliphatic heterocycles. The lowest BCUT2D eigenvalue weighted by Crippen LogP contribution is -2.27. The Hall–Kier alpha value is -2.71. The lowest BCUT2D eigenvalue weighted by Gasteiger charge is -2.15. The molecule has 2 heterocycles. The van der Waals surface area contributed by atoms with Gasteiger partial charge >= 0.3 is 5.97 Å². The maximum Gasteiger partial charge on any atom is 0.329 e. The Morgan fingerprint density at radius 3 is 2.76 bits per heavy atom. The number of anilines is 1. The number of carbonyl (C=O) groups excluding carboxylic acids is 2. The Morgan fingerprint density at radius 1 is 1.62 bits per heavy atom. The van der Waals surface area contributed by atoms with Crippen LogP contribution in [0.25, 0.3) is 0 Å². The number of nitro groups is 1. The number of aromatic nitrogens is 1. The summed E-state index contributed by atoms with van der Waals surface area (Å²) in [6.45, 7) is 3.51. The molecule has 0 spiro atoms. The Balaban J connectivity index is 2.30. The number of ether oxygens (including phenoxy) is 1. The number of nitrogens with one attached hydrogen (secondary N) is 1. The van der Waals surface area contributed by atoms with Crippen LogP contribution in [0.4, 0.5) is 11.5 Å². The Morgan fingerprint density at radius 2 is 2.29 bits per heavy atom. The van der Waals surface area contributed by atoms with Crippen LogP contribution in [0.2, 0.25) is 0 Å². The van der Waals surface area contributed by atoms with Crippen LogP contribution in [-0.4, -0.2) is 33.4 Å². The van der Waals surface area contributed by atoms with Gasteiger partial charge in [-0.1, -0.05) is 0 Å². The average Bonchev–Trinajstić information content (AvgIpc) is 2.62. The van der Waals surface area contributed by atoms with Crippen molar-refractivity contribution in [2.24, 2.45) is 5.73 Å². The molecule has 0 saturated carbocycles. The number of carbonyl (C=O) groups is 2. The van der Waals surface area contributed by atoms with Gasteiger partial charge in [-0.3, -0.25) is 14.9 Å². The number of amides is 1. The van der Waals surface area contributed by atoms with Crippen LogP contribution in [-0.2, 0) is 9.53 Å². The second-order valence-electron chi connectivity index (χ2n) is 5.29. The first-order chi connectivity index (χ1) is 9.69. The van der Waals surface area contributed by atoms with Crippen LogP contribution >= 0.6 is 0 Å². The van der Waals surface area contributed by atoms with E-state index in [1.165, 1.54) is 0 Å². The summed E-state index contributed by atoms with van der Waals surface area (Å²) in [6.07, 6.45) is 1.36. The molecule has 9 heteroatoms. The van der Waals surface area contributed by atoms with Crippen molar-refractivity contribution < 1.29 is 19.2 Å². The fraction of sp³-hybridized carbons (Fsp3) is 0.417. The second kappa shape index (κ2) is 5.00. The standard InChI is InChI=1S/C12H14N4O5/c1-12(2)4-8(11(18)21-12)15-10-7(9(13)17)3-6(5-14-10)16(19)20/h3,5,8H,4H2,1-2H3,(H2,13,17)(H,14,15)/t8-/m1/s1. The van der Waals surface area contributed by atoms with Crippen LogP contribution in [0.1, 0.15) is 30.6 Å². The average molecular weight is 294 g/mol. The van der Waals surface area contributed by atoms with Gasteiger partial charge in [-0.2, -0.15) is 0 Å². The number of primary amides is 1. The molecule has 0 aliphatic carbocycles. The first-order valence-corrected chi connectivity index (χ1v) is 6.13. The van der Waals surface area contributed by atoms with Gasteiger partial charge in [0.05, 0.1) is 10.5 Å². The first kappa shape index (κ1) is 14.7. The number of nitrogens with two attached hydrogens (primary N) is 1. The third kappa shape index (κ3) is 3.07.